The molecule has 1 amide bonds. The molecule has 2 atom stereocenters. The van der Waals surface area contributed by atoms with Crippen molar-refractivity contribution in [1.29, 1.82) is 0 Å². The Balaban J connectivity index is 0.00000120. The summed E-state index contributed by atoms with van der Waals surface area (Å²) in [6, 6.07) is 6.54. The minimum absolute atomic E-state index is 0. The fraction of sp³-hybridized carbons (Fsp3) is 0.600. The summed E-state index contributed by atoms with van der Waals surface area (Å²) in [5, 5.41) is 6.61. The largest absolute Gasteiger partial charge is 0.423 e. The second-order valence-electron chi connectivity index (χ2n) is 8.10. The van der Waals surface area contributed by atoms with E-state index in [-0.39, 0.29) is 36.9 Å². The molecule has 1 aromatic heterocycles. The minimum atomic E-state index is -0.0497. The van der Waals surface area contributed by atoms with Gasteiger partial charge in [-0.1, -0.05) is 6.07 Å². The molecule has 1 unspecified atom stereocenters. The number of carbonyl (C=O) groups is 1. The van der Waals surface area contributed by atoms with Crippen LogP contribution in [0.3, 0.4) is 0 Å². The third kappa shape index (κ3) is 4.19. The number of nitrogens with one attached hydrogen (secondary N) is 2. The smallest absolute Gasteiger partial charge is 0.298 e. The molecule has 0 saturated carbocycles. The molecule has 29 heavy (non-hydrogen) atoms. The van der Waals surface area contributed by atoms with Crippen LogP contribution in [0, 0.1) is 5.92 Å². The average Bonchev–Trinajstić information content (AvgIpc) is 3.13. The van der Waals surface area contributed by atoms with E-state index in [4.69, 9.17) is 9.40 Å². The topological polar surface area (TPSA) is 73.6 Å². The first kappa shape index (κ1) is 22.2. The first-order valence-electron chi connectivity index (χ1n) is 10.1. The molecular weight excluding hydrogens is 413 g/mol. The van der Waals surface area contributed by atoms with Crippen molar-refractivity contribution >= 4 is 47.8 Å². The van der Waals surface area contributed by atoms with Gasteiger partial charge in [0.1, 0.15) is 5.52 Å². The number of nitrogens with zero attached hydrogens (tertiary/aromatic N) is 3. The van der Waals surface area contributed by atoms with E-state index < -0.39 is 0 Å². The molecule has 0 spiro atoms. The van der Waals surface area contributed by atoms with Gasteiger partial charge in [-0.15, -0.1) is 24.8 Å². The van der Waals surface area contributed by atoms with Crippen LogP contribution in [0.15, 0.2) is 22.6 Å². The van der Waals surface area contributed by atoms with Crippen molar-refractivity contribution in [3.63, 3.8) is 0 Å². The molecule has 160 valence electrons. The average molecular weight is 442 g/mol. The van der Waals surface area contributed by atoms with Gasteiger partial charge >= 0.3 is 0 Å². The fourth-order valence-electron chi connectivity index (χ4n) is 4.71. The standard InChI is InChI=1S/C20H27N5O2.2ClH/c1-13-12-21-7-10-25(13)20-23-18-15(3-2-4-16(18)27-20)19(26)22-17-11-14-5-8-24(17)9-6-14;;/h2-4,13-14,17,21H,5-12H2,1H3,(H,22,26);2*1H/t13?,17-;;/m0../s1. The van der Waals surface area contributed by atoms with Crippen LogP contribution in [0.4, 0.5) is 6.01 Å². The van der Waals surface area contributed by atoms with Gasteiger partial charge in [0.15, 0.2) is 5.58 Å². The third-order valence-electron chi connectivity index (χ3n) is 6.34. The molecule has 2 bridgehead atoms. The van der Waals surface area contributed by atoms with E-state index in [1.807, 2.05) is 18.2 Å². The lowest BCUT2D eigenvalue weighted by Crippen LogP contribution is -2.56. The molecule has 4 fully saturated rings. The Kier molecular flexibility index (Phi) is 6.94. The number of oxazole rings is 1. The number of hydrogen-bond acceptors (Lipinski definition) is 6. The summed E-state index contributed by atoms with van der Waals surface area (Å²) in [7, 11) is 0. The summed E-state index contributed by atoms with van der Waals surface area (Å²) in [6.45, 7) is 7.01. The Bertz CT molecular complexity index is 853. The molecule has 0 aliphatic carbocycles. The molecule has 1 aromatic carbocycles. The Morgan fingerprint density at radius 2 is 2.03 bits per heavy atom. The van der Waals surface area contributed by atoms with Crippen LogP contribution in [0.2, 0.25) is 0 Å². The summed E-state index contributed by atoms with van der Waals surface area (Å²) < 4.78 is 6.00. The van der Waals surface area contributed by atoms with Gasteiger partial charge in [-0.05, 0) is 44.2 Å². The lowest BCUT2D eigenvalue weighted by Gasteiger charge is -2.45. The lowest BCUT2D eigenvalue weighted by atomic mass is 9.86. The van der Waals surface area contributed by atoms with Crippen molar-refractivity contribution in [3.05, 3.63) is 23.8 Å². The number of piperazine rings is 1. The Hall–Kier alpha value is -1.54. The maximum Gasteiger partial charge on any atom is 0.298 e. The van der Waals surface area contributed by atoms with Crippen molar-refractivity contribution in [2.24, 2.45) is 5.92 Å². The molecule has 4 saturated heterocycles. The van der Waals surface area contributed by atoms with Crippen molar-refractivity contribution in [2.75, 3.05) is 37.6 Å². The van der Waals surface area contributed by atoms with E-state index in [0.29, 0.717) is 28.7 Å². The highest BCUT2D eigenvalue weighted by Crippen LogP contribution is 2.31. The van der Waals surface area contributed by atoms with Gasteiger partial charge < -0.3 is 20.0 Å². The number of carbonyl (C=O) groups excluding carboxylic acids is 1. The van der Waals surface area contributed by atoms with E-state index >= 15 is 0 Å². The SMILES string of the molecule is CC1CNCCN1c1nc2c(C(=O)N[C@@H]3CC4CCN3CC4)cccc2o1.Cl.Cl. The monoisotopic (exact) mass is 441 g/mol. The second kappa shape index (κ2) is 9.08. The van der Waals surface area contributed by atoms with Gasteiger partial charge in [0.25, 0.3) is 11.9 Å². The van der Waals surface area contributed by atoms with E-state index in [9.17, 15) is 4.79 Å². The maximum absolute atomic E-state index is 13.0. The summed E-state index contributed by atoms with van der Waals surface area (Å²) in [4.78, 5) is 22.3. The van der Waals surface area contributed by atoms with Crippen LogP contribution in [0.5, 0.6) is 0 Å². The zero-order valence-corrected chi connectivity index (χ0v) is 18.2. The van der Waals surface area contributed by atoms with Crippen LogP contribution in [-0.2, 0) is 0 Å². The number of halogens is 2. The summed E-state index contributed by atoms with van der Waals surface area (Å²) in [5.41, 5.74) is 1.94. The molecular formula is C20H29Cl2N5O2. The zero-order chi connectivity index (χ0) is 18.4. The van der Waals surface area contributed by atoms with Crippen LogP contribution in [0.1, 0.15) is 36.5 Å². The summed E-state index contributed by atoms with van der Waals surface area (Å²) in [5.74, 6) is 0.704. The zero-order valence-electron chi connectivity index (χ0n) is 16.6. The van der Waals surface area contributed by atoms with Crippen LogP contribution in [-0.4, -0.2) is 60.7 Å². The van der Waals surface area contributed by atoms with Crippen LogP contribution < -0.4 is 15.5 Å². The molecule has 0 radical (unpaired) electrons. The Labute approximate surface area is 183 Å². The number of para-hydroxylation sites is 1. The van der Waals surface area contributed by atoms with E-state index in [1.165, 1.54) is 12.8 Å². The van der Waals surface area contributed by atoms with E-state index in [1.54, 1.807) is 0 Å². The highest BCUT2D eigenvalue weighted by atomic mass is 35.5. The molecule has 5 heterocycles. The van der Waals surface area contributed by atoms with Crippen LogP contribution in [0.25, 0.3) is 11.1 Å². The summed E-state index contributed by atoms with van der Waals surface area (Å²) in [6.07, 6.45) is 3.73. The predicted molar refractivity (Wildman–Crippen MR) is 118 cm³/mol. The van der Waals surface area contributed by atoms with Crippen molar-refractivity contribution < 1.29 is 9.21 Å². The number of fused-ring (bicyclic) bond motifs is 4. The van der Waals surface area contributed by atoms with Gasteiger partial charge in [0.2, 0.25) is 0 Å². The molecule has 9 heteroatoms. The molecule has 6 rings (SSSR count). The van der Waals surface area contributed by atoms with Gasteiger partial charge in [-0.3, -0.25) is 9.69 Å². The van der Waals surface area contributed by atoms with Crippen molar-refractivity contribution in [2.45, 2.75) is 38.4 Å². The van der Waals surface area contributed by atoms with Crippen molar-refractivity contribution in [1.82, 2.24) is 20.5 Å². The molecule has 4 aliphatic heterocycles. The number of aromatic nitrogens is 1. The quantitative estimate of drug-likeness (QED) is 0.762. The lowest BCUT2D eigenvalue weighted by molar-refractivity contribution is 0.0295. The van der Waals surface area contributed by atoms with Gasteiger partial charge in [-0.2, -0.15) is 4.98 Å². The Morgan fingerprint density at radius 3 is 2.72 bits per heavy atom. The number of rotatable bonds is 3. The van der Waals surface area contributed by atoms with Gasteiger partial charge in [0.05, 0.1) is 11.7 Å². The molecule has 4 aliphatic rings. The molecule has 7 nitrogen and oxygen atoms in total. The third-order valence-corrected chi connectivity index (χ3v) is 6.34. The van der Waals surface area contributed by atoms with Gasteiger partial charge in [0, 0.05) is 38.8 Å². The number of benzene rings is 1. The number of amides is 1. The van der Waals surface area contributed by atoms with Crippen molar-refractivity contribution in [3.8, 4) is 0 Å². The number of anilines is 1. The van der Waals surface area contributed by atoms with E-state index in [0.717, 1.165) is 45.1 Å². The summed E-state index contributed by atoms with van der Waals surface area (Å²) >= 11 is 0. The first-order chi connectivity index (χ1) is 13.2. The normalized spacial score (nSPS) is 28.5. The van der Waals surface area contributed by atoms with E-state index in [2.05, 4.69) is 27.4 Å². The van der Waals surface area contributed by atoms with Gasteiger partial charge in [-0.25, -0.2) is 0 Å². The maximum atomic E-state index is 13.0. The highest BCUT2D eigenvalue weighted by Gasteiger charge is 2.34. The minimum Gasteiger partial charge on any atom is -0.423 e. The van der Waals surface area contributed by atoms with Crippen LogP contribution >= 0.6 is 24.8 Å². The molecule has 2 N–H and O–H groups in total. The number of hydrogen-bond donors (Lipinski definition) is 2. The Morgan fingerprint density at radius 1 is 1.24 bits per heavy atom. The highest BCUT2D eigenvalue weighted by molar-refractivity contribution is 6.04. The predicted octanol–water partition coefficient (Wildman–Crippen LogP) is 2.64. The first-order valence-corrected chi connectivity index (χ1v) is 10.1. The number of piperidine rings is 3. The second-order valence-corrected chi connectivity index (χ2v) is 8.10. The fourth-order valence-corrected chi connectivity index (χ4v) is 4.71. The molecule has 2 aromatic rings.